The normalized spacial score (nSPS) is 10.8. The van der Waals surface area contributed by atoms with E-state index in [9.17, 15) is 4.79 Å². The summed E-state index contributed by atoms with van der Waals surface area (Å²) in [5.74, 6) is 0.967. The molecule has 0 fully saturated rings. The monoisotopic (exact) mass is 302 g/mol. The van der Waals surface area contributed by atoms with E-state index >= 15 is 0 Å². The zero-order valence-corrected chi connectivity index (χ0v) is 13.5. The number of nitrogens with zero attached hydrogens (tertiary/aromatic N) is 3. The molecule has 0 unspecified atom stereocenters. The lowest BCUT2D eigenvalue weighted by Crippen LogP contribution is -2.43. The molecule has 0 bridgehead atoms. The number of rotatable bonds is 5. The fourth-order valence-corrected chi connectivity index (χ4v) is 2.11. The van der Waals surface area contributed by atoms with Gasteiger partial charge in [-0.05, 0) is 33.8 Å². The maximum absolute atomic E-state index is 12.0. The third kappa shape index (κ3) is 3.84. The molecule has 0 saturated heterocycles. The van der Waals surface area contributed by atoms with E-state index < -0.39 is 0 Å². The van der Waals surface area contributed by atoms with Gasteiger partial charge in [0.05, 0.1) is 0 Å². The van der Waals surface area contributed by atoms with Gasteiger partial charge in [-0.1, -0.05) is 28.9 Å². The zero-order valence-electron chi connectivity index (χ0n) is 13.5. The SMILES string of the molecule is CCNC(=O)N(Cc1nc(-c2cccc(C)c2)no1)C(C)C. The van der Waals surface area contributed by atoms with Crippen LogP contribution in [0.2, 0.25) is 0 Å². The standard InChI is InChI=1S/C16H22N4O2/c1-5-17-16(21)20(11(2)3)10-14-18-15(19-22-14)13-8-6-7-12(4)9-13/h6-9,11H,5,10H2,1-4H3,(H,17,21). The third-order valence-corrected chi connectivity index (χ3v) is 3.26. The van der Waals surface area contributed by atoms with Crippen LogP contribution in [0.15, 0.2) is 28.8 Å². The smallest absolute Gasteiger partial charge is 0.318 e. The lowest BCUT2D eigenvalue weighted by molar-refractivity contribution is 0.170. The Morgan fingerprint density at radius 2 is 2.18 bits per heavy atom. The van der Waals surface area contributed by atoms with Crippen molar-refractivity contribution in [2.75, 3.05) is 6.54 Å². The molecule has 0 aliphatic carbocycles. The summed E-state index contributed by atoms with van der Waals surface area (Å²) in [6.45, 7) is 8.68. The van der Waals surface area contributed by atoms with Crippen molar-refractivity contribution in [2.45, 2.75) is 40.3 Å². The molecule has 0 aliphatic rings. The van der Waals surface area contributed by atoms with Crippen LogP contribution in [-0.4, -0.2) is 33.7 Å². The van der Waals surface area contributed by atoms with Crippen LogP contribution in [0.1, 0.15) is 32.2 Å². The number of aromatic nitrogens is 2. The highest BCUT2D eigenvalue weighted by molar-refractivity contribution is 5.74. The van der Waals surface area contributed by atoms with Gasteiger partial charge in [-0.3, -0.25) is 0 Å². The van der Waals surface area contributed by atoms with E-state index in [1.165, 1.54) is 0 Å². The summed E-state index contributed by atoms with van der Waals surface area (Å²) in [5.41, 5.74) is 2.04. The van der Waals surface area contributed by atoms with E-state index in [4.69, 9.17) is 4.52 Å². The van der Waals surface area contributed by atoms with Crippen molar-refractivity contribution in [1.29, 1.82) is 0 Å². The number of amides is 2. The Morgan fingerprint density at radius 3 is 2.82 bits per heavy atom. The van der Waals surface area contributed by atoms with Gasteiger partial charge in [0.1, 0.15) is 6.54 Å². The molecule has 0 radical (unpaired) electrons. The Hall–Kier alpha value is -2.37. The van der Waals surface area contributed by atoms with Crippen molar-refractivity contribution < 1.29 is 9.32 Å². The minimum Gasteiger partial charge on any atom is -0.338 e. The van der Waals surface area contributed by atoms with E-state index in [2.05, 4.69) is 15.5 Å². The second-order valence-corrected chi connectivity index (χ2v) is 5.44. The van der Waals surface area contributed by atoms with Crippen LogP contribution in [0.4, 0.5) is 4.79 Å². The van der Waals surface area contributed by atoms with E-state index in [1.807, 2.05) is 52.0 Å². The van der Waals surface area contributed by atoms with Gasteiger partial charge in [0.15, 0.2) is 0 Å². The first-order valence-corrected chi connectivity index (χ1v) is 7.45. The summed E-state index contributed by atoms with van der Waals surface area (Å²) in [6, 6.07) is 7.81. The van der Waals surface area contributed by atoms with Gasteiger partial charge in [-0.15, -0.1) is 0 Å². The van der Waals surface area contributed by atoms with E-state index in [1.54, 1.807) is 4.90 Å². The minimum absolute atomic E-state index is 0.0425. The Balaban J connectivity index is 2.15. The fraction of sp³-hybridized carbons (Fsp3) is 0.438. The number of hydrogen-bond donors (Lipinski definition) is 1. The number of hydrogen-bond acceptors (Lipinski definition) is 4. The average Bonchev–Trinajstić information content (AvgIpc) is 2.93. The Labute approximate surface area is 130 Å². The molecule has 0 aliphatic heterocycles. The molecule has 22 heavy (non-hydrogen) atoms. The second-order valence-electron chi connectivity index (χ2n) is 5.44. The van der Waals surface area contributed by atoms with Crippen molar-refractivity contribution in [3.05, 3.63) is 35.7 Å². The lowest BCUT2D eigenvalue weighted by Gasteiger charge is -2.24. The van der Waals surface area contributed by atoms with Crippen LogP contribution in [0.3, 0.4) is 0 Å². The highest BCUT2D eigenvalue weighted by atomic mass is 16.5. The molecule has 0 saturated carbocycles. The average molecular weight is 302 g/mol. The first-order valence-electron chi connectivity index (χ1n) is 7.45. The van der Waals surface area contributed by atoms with Gasteiger partial charge < -0.3 is 14.7 Å². The minimum atomic E-state index is -0.132. The first-order chi connectivity index (χ1) is 10.5. The molecule has 2 aromatic rings. The van der Waals surface area contributed by atoms with Gasteiger partial charge in [0.25, 0.3) is 0 Å². The number of urea groups is 1. The predicted octanol–water partition coefficient (Wildman–Crippen LogP) is 2.98. The van der Waals surface area contributed by atoms with Crippen LogP contribution in [0.25, 0.3) is 11.4 Å². The van der Waals surface area contributed by atoms with Crippen molar-refractivity contribution in [1.82, 2.24) is 20.4 Å². The molecule has 0 atom stereocenters. The largest absolute Gasteiger partial charge is 0.338 e. The van der Waals surface area contributed by atoms with E-state index in [-0.39, 0.29) is 12.1 Å². The second kappa shape index (κ2) is 7.06. The Kier molecular flexibility index (Phi) is 5.14. The molecule has 6 heteroatoms. The van der Waals surface area contributed by atoms with Gasteiger partial charge in [-0.2, -0.15) is 4.98 Å². The number of carbonyl (C=O) groups is 1. The van der Waals surface area contributed by atoms with E-state index in [0.717, 1.165) is 11.1 Å². The molecular formula is C16H22N4O2. The van der Waals surface area contributed by atoms with E-state index in [0.29, 0.717) is 24.8 Å². The van der Waals surface area contributed by atoms with Gasteiger partial charge >= 0.3 is 6.03 Å². The fourth-order valence-electron chi connectivity index (χ4n) is 2.11. The predicted molar refractivity (Wildman–Crippen MR) is 84.2 cm³/mol. The summed E-state index contributed by atoms with van der Waals surface area (Å²) >= 11 is 0. The summed E-state index contributed by atoms with van der Waals surface area (Å²) in [6.07, 6.45) is 0. The van der Waals surface area contributed by atoms with Gasteiger partial charge in [-0.25, -0.2) is 4.79 Å². The van der Waals surface area contributed by atoms with Crippen molar-refractivity contribution >= 4 is 6.03 Å². The molecule has 1 N–H and O–H groups in total. The maximum Gasteiger partial charge on any atom is 0.318 e. The topological polar surface area (TPSA) is 71.3 Å². The van der Waals surface area contributed by atoms with Crippen molar-refractivity contribution in [2.24, 2.45) is 0 Å². The molecule has 1 aromatic carbocycles. The van der Waals surface area contributed by atoms with Crippen LogP contribution in [-0.2, 0) is 6.54 Å². The van der Waals surface area contributed by atoms with Crippen molar-refractivity contribution in [3.63, 3.8) is 0 Å². The Bertz CT molecular complexity index is 637. The summed E-state index contributed by atoms with van der Waals surface area (Å²) in [4.78, 5) is 18.1. The molecule has 1 aromatic heterocycles. The summed E-state index contributed by atoms with van der Waals surface area (Å²) < 4.78 is 5.29. The molecular weight excluding hydrogens is 280 g/mol. The third-order valence-electron chi connectivity index (χ3n) is 3.26. The van der Waals surface area contributed by atoms with Crippen LogP contribution >= 0.6 is 0 Å². The number of carbonyl (C=O) groups excluding carboxylic acids is 1. The highest BCUT2D eigenvalue weighted by Gasteiger charge is 2.20. The number of benzene rings is 1. The maximum atomic E-state index is 12.0. The molecule has 6 nitrogen and oxygen atoms in total. The van der Waals surface area contributed by atoms with Crippen LogP contribution in [0, 0.1) is 6.92 Å². The molecule has 1 heterocycles. The Morgan fingerprint density at radius 1 is 1.41 bits per heavy atom. The van der Waals surface area contributed by atoms with Gasteiger partial charge in [0.2, 0.25) is 11.7 Å². The lowest BCUT2D eigenvalue weighted by atomic mass is 10.1. The summed E-state index contributed by atoms with van der Waals surface area (Å²) in [7, 11) is 0. The summed E-state index contributed by atoms with van der Waals surface area (Å²) in [5, 5.41) is 6.79. The quantitative estimate of drug-likeness (QED) is 0.921. The van der Waals surface area contributed by atoms with Crippen molar-refractivity contribution in [3.8, 4) is 11.4 Å². The highest BCUT2D eigenvalue weighted by Crippen LogP contribution is 2.18. The first kappa shape index (κ1) is 16.0. The van der Waals surface area contributed by atoms with Crippen LogP contribution in [0.5, 0.6) is 0 Å². The van der Waals surface area contributed by atoms with Gasteiger partial charge in [0, 0.05) is 18.2 Å². The van der Waals surface area contributed by atoms with Crippen LogP contribution < -0.4 is 5.32 Å². The number of aryl methyl sites for hydroxylation is 1. The molecule has 118 valence electrons. The molecule has 2 rings (SSSR count). The molecule has 0 spiro atoms. The number of nitrogens with one attached hydrogen (secondary N) is 1. The molecule has 2 amide bonds. The zero-order chi connectivity index (χ0) is 16.1.